The summed E-state index contributed by atoms with van der Waals surface area (Å²) < 4.78 is 16.0. The molecule has 0 atom stereocenters. The molecule has 1 N–H and O–H groups in total. The van der Waals surface area contributed by atoms with Gasteiger partial charge in [0.15, 0.2) is 6.61 Å². The van der Waals surface area contributed by atoms with Crippen LogP contribution in [0.5, 0.6) is 11.5 Å². The molecule has 1 aromatic heterocycles. The molecule has 0 saturated heterocycles. The van der Waals surface area contributed by atoms with Gasteiger partial charge in [0.1, 0.15) is 17.3 Å². The molecule has 112 valence electrons. The van der Waals surface area contributed by atoms with E-state index in [2.05, 4.69) is 12.2 Å². The van der Waals surface area contributed by atoms with Gasteiger partial charge in [0.25, 0.3) is 5.91 Å². The molecule has 0 aliphatic heterocycles. The summed E-state index contributed by atoms with van der Waals surface area (Å²) in [5.41, 5.74) is 0. The Bertz CT molecular complexity index is 534. The first-order valence-electron chi connectivity index (χ1n) is 6.92. The standard InChI is InChI=1S/C16H19NO4/c1-2-9-19-13-5-7-14(8-6-13)21-12-16(18)17-11-15-4-3-10-20-15/h3-8,10H,2,9,11-12H2,1H3,(H,17,18). The fourth-order valence-electron chi connectivity index (χ4n) is 1.65. The maximum absolute atomic E-state index is 11.6. The van der Waals surface area contributed by atoms with Crippen molar-refractivity contribution in [1.29, 1.82) is 0 Å². The largest absolute Gasteiger partial charge is 0.494 e. The molecule has 1 heterocycles. The zero-order valence-electron chi connectivity index (χ0n) is 12.0. The highest BCUT2D eigenvalue weighted by molar-refractivity contribution is 5.77. The van der Waals surface area contributed by atoms with Gasteiger partial charge in [0, 0.05) is 0 Å². The molecule has 0 unspecified atom stereocenters. The van der Waals surface area contributed by atoms with Crippen molar-refractivity contribution < 1.29 is 18.7 Å². The molecule has 0 bridgehead atoms. The summed E-state index contributed by atoms with van der Waals surface area (Å²) in [5, 5.41) is 2.71. The van der Waals surface area contributed by atoms with Crippen LogP contribution >= 0.6 is 0 Å². The predicted molar refractivity (Wildman–Crippen MR) is 78.3 cm³/mol. The Morgan fingerprint density at radius 2 is 1.86 bits per heavy atom. The van der Waals surface area contributed by atoms with E-state index in [4.69, 9.17) is 13.9 Å². The molecule has 0 radical (unpaired) electrons. The lowest BCUT2D eigenvalue weighted by molar-refractivity contribution is -0.123. The molecule has 0 saturated carbocycles. The van der Waals surface area contributed by atoms with Gasteiger partial charge >= 0.3 is 0 Å². The molecule has 21 heavy (non-hydrogen) atoms. The summed E-state index contributed by atoms with van der Waals surface area (Å²) in [7, 11) is 0. The first-order valence-corrected chi connectivity index (χ1v) is 6.92. The van der Waals surface area contributed by atoms with Gasteiger partial charge in [0.05, 0.1) is 19.4 Å². The van der Waals surface area contributed by atoms with Crippen LogP contribution in [0.4, 0.5) is 0 Å². The Kier molecular flexibility index (Phi) is 5.70. The Morgan fingerprint density at radius 3 is 2.48 bits per heavy atom. The summed E-state index contributed by atoms with van der Waals surface area (Å²) in [6.45, 7) is 3.07. The minimum atomic E-state index is -0.197. The van der Waals surface area contributed by atoms with Crippen LogP contribution in [0.1, 0.15) is 19.1 Å². The first kappa shape index (κ1) is 15.0. The SMILES string of the molecule is CCCOc1ccc(OCC(=O)NCc2ccco2)cc1. The fraction of sp³-hybridized carbons (Fsp3) is 0.312. The second-order valence-electron chi connectivity index (χ2n) is 4.46. The number of ether oxygens (including phenoxy) is 2. The van der Waals surface area contributed by atoms with Crippen molar-refractivity contribution in [3.8, 4) is 11.5 Å². The van der Waals surface area contributed by atoms with E-state index in [1.165, 1.54) is 0 Å². The van der Waals surface area contributed by atoms with Crippen molar-refractivity contribution in [3.05, 3.63) is 48.4 Å². The van der Waals surface area contributed by atoms with Gasteiger partial charge < -0.3 is 19.2 Å². The number of amides is 1. The molecular formula is C16H19NO4. The average molecular weight is 289 g/mol. The lowest BCUT2D eigenvalue weighted by atomic mass is 10.3. The molecule has 5 heteroatoms. The summed E-state index contributed by atoms with van der Waals surface area (Å²) >= 11 is 0. The maximum atomic E-state index is 11.6. The number of rotatable bonds is 8. The van der Waals surface area contributed by atoms with E-state index in [1.807, 2.05) is 12.1 Å². The fourth-order valence-corrected chi connectivity index (χ4v) is 1.65. The smallest absolute Gasteiger partial charge is 0.258 e. The third-order valence-corrected chi connectivity index (χ3v) is 2.71. The van der Waals surface area contributed by atoms with Gasteiger partial charge in [-0.3, -0.25) is 4.79 Å². The number of furan rings is 1. The first-order chi connectivity index (χ1) is 10.3. The van der Waals surface area contributed by atoms with E-state index in [9.17, 15) is 4.79 Å². The Labute approximate surface area is 123 Å². The number of benzene rings is 1. The number of nitrogens with one attached hydrogen (secondary N) is 1. The van der Waals surface area contributed by atoms with Crippen LogP contribution in [0, 0.1) is 0 Å². The van der Waals surface area contributed by atoms with Gasteiger partial charge in [-0.25, -0.2) is 0 Å². The highest BCUT2D eigenvalue weighted by atomic mass is 16.5. The molecule has 1 amide bonds. The lowest BCUT2D eigenvalue weighted by Crippen LogP contribution is -2.28. The van der Waals surface area contributed by atoms with Crippen molar-refractivity contribution in [3.63, 3.8) is 0 Å². The van der Waals surface area contributed by atoms with Crippen LogP contribution in [-0.2, 0) is 11.3 Å². The van der Waals surface area contributed by atoms with Crippen LogP contribution < -0.4 is 14.8 Å². The number of hydrogen-bond donors (Lipinski definition) is 1. The highest BCUT2D eigenvalue weighted by Gasteiger charge is 2.04. The monoisotopic (exact) mass is 289 g/mol. The normalized spacial score (nSPS) is 10.1. The van der Waals surface area contributed by atoms with Crippen molar-refractivity contribution in [2.24, 2.45) is 0 Å². The van der Waals surface area contributed by atoms with Crippen LogP contribution in [-0.4, -0.2) is 19.1 Å². The third kappa shape index (κ3) is 5.22. The van der Waals surface area contributed by atoms with Gasteiger partial charge in [-0.1, -0.05) is 6.92 Å². The van der Waals surface area contributed by atoms with Crippen molar-refractivity contribution in [1.82, 2.24) is 5.32 Å². The number of carbonyl (C=O) groups is 1. The van der Waals surface area contributed by atoms with Gasteiger partial charge in [-0.2, -0.15) is 0 Å². The molecule has 2 rings (SSSR count). The van der Waals surface area contributed by atoms with E-state index < -0.39 is 0 Å². The van der Waals surface area contributed by atoms with E-state index >= 15 is 0 Å². The summed E-state index contributed by atoms with van der Waals surface area (Å²) in [6, 6.07) is 10.8. The molecule has 5 nitrogen and oxygen atoms in total. The van der Waals surface area contributed by atoms with Crippen LogP contribution in [0.2, 0.25) is 0 Å². The number of hydrogen-bond acceptors (Lipinski definition) is 4. The summed E-state index contributed by atoms with van der Waals surface area (Å²) in [6.07, 6.45) is 2.54. The maximum Gasteiger partial charge on any atom is 0.258 e. The van der Waals surface area contributed by atoms with E-state index in [0.29, 0.717) is 24.7 Å². The van der Waals surface area contributed by atoms with Crippen LogP contribution in [0.25, 0.3) is 0 Å². The Morgan fingerprint density at radius 1 is 1.14 bits per heavy atom. The van der Waals surface area contributed by atoms with E-state index in [0.717, 1.165) is 12.2 Å². The Balaban J connectivity index is 1.70. The second kappa shape index (κ2) is 7.99. The Hall–Kier alpha value is -2.43. The molecule has 0 aliphatic rings. The average Bonchev–Trinajstić information content (AvgIpc) is 3.03. The summed E-state index contributed by atoms with van der Waals surface area (Å²) in [5.74, 6) is 1.94. The zero-order valence-corrected chi connectivity index (χ0v) is 12.0. The van der Waals surface area contributed by atoms with E-state index in [1.54, 1.807) is 30.5 Å². The zero-order chi connectivity index (χ0) is 14.9. The molecule has 1 aromatic carbocycles. The van der Waals surface area contributed by atoms with Crippen LogP contribution in [0.3, 0.4) is 0 Å². The molecule has 0 fully saturated rings. The van der Waals surface area contributed by atoms with Crippen molar-refractivity contribution >= 4 is 5.91 Å². The minimum Gasteiger partial charge on any atom is -0.494 e. The quantitative estimate of drug-likeness (QED) is 0.811. The van der Waals surface area contributed by atoms with Crippen LogP contribution in [0.15, 0.2) is 47.1 Å². The molecule has 0 aliphatic carbocycles. The minimum absolute atomic E-state index is 0.0319. The molecule has 2 aromatic rings. The highest BCUT2D eigenvalue weighted by Crippen LogP contribution is 2.17. The van der Waals surface area contributed by atoms with E-state index in [-0.39, 0.29) is 12.5 Å². The molecular weight excluding hydrogens is 270 g/mol. The topological polar surface area (TPSA) is 60.7 Å². The summed E-state index contributed by atoms with van der Waals surface area (Å²) in [4.78, 5) is 11.6. The van der Waals surface area contributed by atoms with Gasteiger partial charge in [0.2, 0.25) is 0 Å². The predicted octanol–water partition coefficient (Wildman–Crippen LogP) is 2.76. The number of carbonyl (C=O) groups excluding carboxylic acids is 1. The van der Waals surface area contributed by atoms with Gasteiger partial charge in [-0.15, -0.1) is 0 Å². The second-order valence-corrected chi connectivity index (χ2v) is 4.46. The van der Waals surface area contributed by atoms with Crippen molar-refractivity contribution in [2.45, 2.75) is 19.9 Å². The lowest BCUT2D eigenvalue weighted by Gasteiger charge is -2.08. The van der Waals surface area contributed by atoms with Gasteiger partial charge in [-0.05, 0) is 42.8 Å². The third-order valence-electron chi connectivity index (χ3n) is 2.71. The molecule has 0 spiro atoms. The van der Waals surface area contributed by atoms with Crippen molar-refractivity contribution in [2.75, 3.05) is 13.2 Å².